The first-order valence-corrected chi connectivity index (χ1v) is 16.5. The monoisotopic (exact) mass is 938 g/mol. The SMILES string of the molecule is C.[CH2-][C@@](O)(c1ccc(F)cc1F)C(F)(F)c1ccc(-c2ccc(C)cc2)cn1.[CH2-][C@](O)(c1ccc(C)cc1F)C(F)(F)c1ccc(-c2ccc(C)cc2)cn1.[Y].[Y]. The molecule has 0 bridgehead atoms. The van der Waals surface area contributed by atoms with Crippen LogP contribution in [0.3, 0.4) is 0 Å². The molecule has 2 radical (unpaired) electrons. The third-order valence-corrected chi connectivity index (χ3v) is 8.93. The van der Waals surface area contributed by atoms with Gasteiger partial charge in [0.15, 0.2) is 0 Å². The molecular formula is C44H39F7N2O2Y2-2. The number of hydrogen-bond donors (Lipinski definition) is 2. The van der Waals surface area contributed by atoms with E-state index in [1.807, 2.05) is 62.4 Å². The maximum Gasteiger partial charge on any atom is 0.294 e. The van der Waals surface area contributed by atoms with Gasteiger partial charge in [-0.2, -0.15) is 17.6 Å². The summed E-state index contributed by atoms with van der Waals surface area (Å²) in [6.07, 6.45) is 2.54. The summed E-state index contributed by atoms with van der Waals surface area (Å²) in [4.78, 5) is 7.56. The van der Waals surface area contributed by atoms with Crippen molar-refractivity contribution >= 4 is 0 Å². The topological polar surface area (TPSA) is 66.2 Å². The Morgan fingerprint density at radius 3 is 1.14 bits per heavy atom. The predicted octanol–water partition coefficient (Wildman–Crippen LogP) is 11.1. The molecule has 0 unspecified atom stereocenters. The van der Waals surface area contributed by atoms with Gasteiger partial charge in [0.05, 0.1) is 0 Å². The zero-order chi connectivity index (χ0) is 39.6. The van der Waals surface area contributed by atoms with Crippen molar-refractivity contribution in [3.8, 4) is 22.3 Å². The Kier molecular flexibility index (Phi) is 17.3. The fourth-order valence-corrected chi connectivity index (χ4v) is 5.54. The molecule has 0 aliphatic rings. The van der Waals surface area contributed by atoms with E-state index in [1.54, 1.807) is 6.92 Å². The number of hydrogen-bond acceptors (Lipinski definition) is 4. The first-order chi connectivity index (χ1) is 25.3. The second kappa shape index (κ2) is 19.7. The average Bonchev–Trinajstić information content (AvgIpc) is 3.12. The van der Waals surface area contributed by atoms with Gasteiger partial charge in [0.1, 0.15) is 28.8 Å². The normalized spacial score (nSPS) is 13.3. The van der Waals surface area contributed by atoms with Gasteiger partial charge in [0.25, 0.3) is 11.8 Å². The Morgan fingerprint density at radius 1 is 0.474 bits per heavy atom. The largest absolute Gasteiger partial charge is 0.411 e. The van der Waals surface area contributed by atoms with E-state index < -0.39 is 63.0 Å². The first kappa shape index (κ1) is 50.0. The van der Waals surface area contributed by atoms with Crippen LogP contribution in [-0.2, 0) is 88.5 Å². The molecule has 0 saturated heterocycles. The molecule has 0 amide bonds. The molecule has 0 spiro atoms. The van der Waals surface area contributed by atoms with Gasteiger partial charge in [-0.15, -0.1) is 0 Å². The Hall–Kier alpha value is -3.18. The van der Waals surface area contributed by atoms with Crippen molar-refractivity contribution in [2.75, 3.05) is 0 Å². The molecule has 2 N–H and O–H groups in total. The molecule has 4 nitrogen and oxygen atoms in total. The maximum absolute atomic E-state index is 14.9. The molecule has 0 aliphatic carbocycles. The molecule has 2 aromatic heterocycles. The van der Waals surface area contributed by atoms with Crippen LogP contribution in [0.1, 0.15) is 46.6 Å². The summed E-state index contributed by atoms with van der Waals surface area (Å²) < 4.78 is 101. The third kappa shape index (κ3) is 10.7. The molecule has 4 aromatic carbocycles. The van der Waals surface area contributed by atoms with E-state index in [4.69, 9.17) is 0 Å². The van der Waals surface area contributed by atoms with Gasteiger partial charge in [-0.05, 0) is 72.9 Å². The van der Waals surface area contributed by atoms with Gasteiger partial charge in [0.2, 0.25) is 0 Å². The molecule has 0 saturated carbocycles. The number of alkyl halides is 4. The number of aliphatic hydroxyl groups is 2. The van der Waals surface area contributed by atoms with E-state index in [-0.39, 0.29) is 72.8 Å². The van der Waals surface area contributed by atoms with Gasteiger partial charge in [-0.3, -0.25) is 9.97 Å². The van der Waals surface area contributed by atoms with Crippen molar-refractivity contribution in [2.45, 2.75) is 51.2 Å². The average molecular weight is 939 g/mol. The summed E-state index contributed by atoms with van der Waals surface area (Å²) in [6.45, 7) is 11.8. The molecule has 2 heterocycles. The number of aryl methyl sites for hydroxylation is 3. The van der Waals surface area contributed by atoms with Crippen molar-refractivity contribution in [1.82, 2.24) is 9.97 Å². The number of pyridine rings is 2. The zero-order valence-electron chi connectivity index (χ0n) is 30.6. The van der Waals surface area contributed by atoms with Gasteiger partial charge in [0, 0.05) is 106 Å². The minimum atomic E-state index is -4.02. The minimum Gasteiger partial charge on any atom is -0.411 e. The number of aromatic nitrogens is 2. The molecule has 0 fully saturated rings. The standard InChI is InChI=1S/C22H19F3NO.C21H16F4NO.CH4.2Y/c1-14-4-7-16(8-5-14)17-9-11-20(26-13-17)22(24,25)21(3,27)18-10-6-15(2)12-19(18)23;1-13-3-5-14(6-4-13)15-7-10-19(26-12-15)21(24,25)20(2,27)17-9-8-16(22)11-18(17)23;;;/h4-13,27H,3H2,1-2H3;3-12,27H,2H2,1H3;1H4;;/q2*-1;;;/t21-;20-;;;/m01.../s1. The fraction of sp³-hybridized carbons (Fsp3) is 0.182. The Balaban J connectivity index is 0.000000374. The second-order valence-electron chi connectivity index (χ2n) is 13.1. The maximum atomic E-state index is 14.9. The number of benzene rings is 4. The third-order valence-electron chi connectivity index (χ3n) is 8.93. The van der Waals surface area contributed by atoms with Crippen LogP contribution in [0, 0.1) is 52.1 Å². The van der Waals surface area contributed by atoms with Gasteiger partial charge in [-0.1, -0.05) is 97.4 Å². The summed E-state index contributed by atoms with van der Waals surface area (Å²) in [5.41, 5.74) is -3.46. The van der Waals surface area contributed by atoms with E-state index >= 15 is 0 Å². The summed E-state index contributed by atoms with van der Waals surface area (Å²) in [5.74, 6) is -11.1. The smallest absolute Gasteiger partial charge is 0.294 e. The van der Waals surface area contributed by atoms with E-state index in [0.717, 1.165) is 58.7 Å². The number of halogens is 7. The molecule has 6 aromatic rings. The van der Waals surface area contributed by atoms with E-state index in [1.165, 1.54) is 30.6 Å². The second-order valence-corrected chi connectivity index (χ2v) is 13.1. The molecule has 2 atom stereocenters. The van der Waals surface area contributed by atoms with Crippen LogP contribution in [0.4, 0.5) is 30.7 Å². The molecule has 6 rings (SSSR count). The van der Waals surface area contributed by atoms with Crippen LogP contribution in [0.5, 0.6) is 0 Å². The minimum absolute atomic E-state index is 0. The van der Waals surface area contributed by atoms with Crippen LogP contribution in [-0.4, -0.2) is 20.2 Å². The Morgan fingerprint density at radius 2 is 0.807 bits per heavy atom. The summed E-state index contributed by atoms with van der Waals surface area (Å²) in [7, 11) is 0. The van der Waals surface area contributed by atoms with Crippen molar-refractivity contribution in [2.24, 2.45) is 0 Å². The van der Waals surface area contributed by atoms with Crippen LogP contribution in [0.25, 0.3) is 22.3 Å². The summed E-state index contributed by atoms with van der Waals surface area (Å²) in [5, 5.41) is 20.7. The Labute approximate surface area is 378 Å². The van der Waals surface area contributed by atoms with Crippen LogP contribution in [0.15, 0.2) is 122 Å². The van der Waals surface area contributed by atoms with Crippen molar-refractivity contribution in [3.05, 3.63) is 192 Å². The summed E-state index contributed by atoms with van der Waals surface area (Å²) >= 11 is 0. The fourth-order valence-electron chi connectivity index (χ4n) is 5.54. The number of nitrogens with zero attached hydrogens (tertiary/aromatic N) is 2. The van der Waals surface area contributed by atoms with Crippen LogP contribution >= 0.6 is 0 Å². The zero-order valence-corrected chi connectivity index (χ0v) is 36.2. The van der Waals surface area contributed by atoms with Gasteiger partial charge < -0.3 is 24.1 Å². The van der Waals surface area contributed by atoms with Crippen molar-refractivity contribution in [3.63, 3.8) is 0 Å². The molecular weight excluding hydrogens is 899 g/mol. The van der Waals surface area contributed by atoms with Crippen molar-refractivity contribution in [1.29, 1.82) is 0 Å². The molecule has 13 heteroatoms. The molecule has 294 valence electrons. The van der Waals surface area contributed by atoms with Crippen LogP contribution < -0.4 is 0 Å². The van der Waals surface area contributed by atoms with E-state index in [9.17, 15) is 40.9 Å². The summed E-state index contributed by atoms with van der Waals surface area (Å²) in [6, 6.07) is 25.6. The van der Waals surface area contributed by atoms with E-state index in [0.29, 0.717) is 22.8 Å². The number of rotatable bonds is 8. The Bertz CT molecular complexity index is 2070. The molecule has 57 heavy (non-hydrogen) atoms. The van der Waals surface area contributed by atoms with Crippen molar-refractivity contribution < 1.29 is 106 Å². The first-order valence-electron chi connectivity index (χ1n) is 16.5. The van der Waals surface area contributed by atoms with Gasteiger partial charge in [-0.25, -0.2) is 13.2 Å². The quantitative estimate of drug-likeness (QED) is 0.118. The van der Waals surface area contributed by atoms with Gasteiger partial charge >= 0.3 is 0 Å². The van der Waals surface area contributed by atoms with E-state index in [2.05, 4.69) is 23.8 Å². The predicted molar refractivity (Wildman–Crippen MR) is 199 cm³/mol. The molecule has 0 aliphatic heterocycles. The van der Waals surface area contributed by atoms with Crippen LogP contribution in [0.2, 0.25) is 0 Å².